The lowest BCUT2D eigenvalue weighted by atomic mass is 9.97. The summed E-state index contributed by atoms with van der Waals surface area (Å²) in [4.78, 5) is 15.3. The molecule has 0 radical (unpaired) electrons. The highest BCUT2D eigenvalue weighted by Gasteiger charge is 2.21. The third-order valence-electron chi connectivity index (χ3n) is 11.1. The molecule has 266 valence electrons. The van der Waals surface area contributed by atoms with Gasteiger partial charge in [-0.1, -0.05) is 133 Å². The molecule has 12 aromatic rings. The Morgan fingerprint density at radius 2 is 1.02 bits per heavy atom. The fourth-order valence-corrected chi connectivity index (χ4v) is 9.74. The molecule has 0 atom stereocenters. The summed E-state index contributed by atoms with van der Waals surface area (Å²) in [5.41, 5.74) is 10.1. The molecule has 0 amide bonds. The number of hydrogen-bond acceptors (Lipinski definition) is 5. The van der Waals surface area contributed by atoms with Gasteiger partial charge in [0.25, 0.3) is 0 Å². The van der Waals surface area contributed by atoms with Crippen molar-refractivity contribution in [2.75, 3.05) is 0 Å². The average Bonchev–Trinajstić information content (AvgIpc) is 3.96. The van der Waals surface area contributed by atoms with E-state index in [0.29, 0.717) is 17.5 Å². The van der Waals surface area contributed by atoms with Crippen molar-refractivity contribution in [1.29, 1.82) is 0 Å². The molecule has 0 fully saturated rings. The maximum atomic E-state index is 6.69. The molecule has 0 aliphatic heterocycles. The number of furan rings is 1. The topological polar surface area (TPSA) is 56.7 Å². The summed E-state index contributed by atoms with van der Waals surface area (Å²) in [6, 6.07) is 63.7. The molecule has 0 saturated heterocycles. The van der Waals surface area contributed by atoms with E-state index in [2.05, 4.69) is 156 Å². The second-order valence-electron chi connectivity index (χ2n) is 14.3. The van der Waals surface area contributed by atoms with Crippen LogP contribution in [0, 0.1) is 0 Å². The van der Waals surface area contributed by atoms with E-state index in [0.717, 1.165) is 60.1 Å². The van der Waals surface area contributed by atoms with E-state index in [1.807, 2.05) is 30.3 Å². The second-order valence-corrected chi connectivity index (χ2v) is 15.4. The highest BCUT2D eigenvalue weighted by atomic mass is 32.1. The minimum atomic E-state index is 0.594. The lowest BCUT2D eigenvalue weighted by Crippen LogP contribution is -2.00. The highest BCUT2D eigenvalue weighted by Crippen LogP contribution is 2.43. The minimum absolute atomic E-state index is 0.594. The van der Waals surface area contributed by atoms with E-state index in [4.69, 9.17) is 19.4 Å². The third kappa shape index (κ3) is 4.98. The number of benzene rings is 8. The Balaban J connectivity index is 1.04. The number of para-hydroxylation sites is 3. The van der Waals surface area contributed by atoms with Gasteiger partial charge in [0, 0.05) is 64.0 Å². The van der Waals surface area contributed by atoms with E-state index in [9.17, 15) is 0 Å². The molecular formula is C51H30N4OS. The van der Waals surface area contributed by atoms with Crippen LogP contribution in [0.2, 0.25) is 0 Å². The van der Waals surface area contributed by atoms with Crippen molar-refractivity contribution < 1.29 is 4.42 Å². The van der Waals surface area contributed by atoms with Crippen molar-refractivity contribution in [1.82, 2.24) is 19.5 Å². The molecule has 0 aliphatic carbocycles. The van der Waals surface area contributed by atoms with Crippen LogP contribution in [0.1, 0.15) is 0 Å². The van der Waals surface area contributed by atoms with Gasteiger partial charge in [-0.2, -0.15) is 0 Å². The van der Waals surface area contributed by atoms with Crippen molar-refractivity contribution in [3.63, 3.8) is 0 Å². The summed E-state index contributed by atoms with van der Waals surface area (Å²) in [6.07, 6.45) is 0. The first-order chi connectivity index (χ1) is 28.3. The number of aromatic nitrogens is 4. The quantitative estimate of drug-likeness (QED) is 0.176. The first-order valence-corrected chi connectivity index (χ1v) is 19.8. The predicted octanol–water partition coefficient (Wildman–Crippen LogP) is 13.9. The van der Waals surface area contributed by atoms with E-state index in [1.165, 1.54) is 37.3 Å². The Kier molecular flexibility index (Phi) is 7.03. The Morgan fingerprint density at radius 1 is 0.404 bits per heavy atom. The van der Waals surface area contributed by atoms with Gasteiger partial charge < -0.3 is 8.98 Å². The molecule has 0 bridgehead atoms. The zero-order valence-electron chi connectivity index (χ0n) is 30.4. The first-order valence-electron chi connectivity index (χ1n) is 19.0. The van der Waals surface area contributed by atoms with Crippen LogP contribution in [0.25, 0.3) is 115 Å². The van der Waals surface area contributed by atoms with E-state index in [-0.39, 0.29) is 0 Å². The van der Waals surface area contributed by atoms with Gasteiger partial charge in [0.1, 0.15) is 11.2 Å². The number of thiophene rings is 1. The highest BCUT2D eigenvalue weighted by molar-refractivity contribution is 7.26. The van der Waals surface area contributed by atoms with Gasteiger partial charge in [0.15, 0.2) is 17.5 Å². The summed E-state index contributed by atoms with van der Waals surface area (Å²) in [5.74, 6) is 1.86. The SMILES string of the molecule is c1ccc(-c2nc(-c3ccc4c(c3)oc3cccc(-c5ccccc5-n5c6ccccc6c6ccccc65)c34)nc(-c3cccc4c3sc3ccccc34)n2)cc1. The lowest BCUT2D eigenvalue weighted by Gasteiger charge is -2.14. The average molecular weight is 747 g/mol. The molecule has 0 spiro atoms. The van der Waals surface area contributed by atoms with E-state index >= 15 is 0 Å². The number of rotatable bonds is 5. The molecule has 6 heteroatoms. The largest absolute Gasteiger partial charge is 0.456 e. The maximum Gasteiger partial charge on any atom is 0.165 e. The number of nitrogens with zero attached hydrogens (tertiary/aromatic N) is 4. The molecule has 0 aliphatic rings. The fraction of sp³-hybridized carbons (Fsp3) is 0. The lowest BCUT2D eigenvalue weighted by molar-refractivity contribution is 0.669. The normalized spacial score (nSPS) is 11.9. The number of hydrogen-bond donors (Lipinski definition) is 0. The van der Waals surface area contributed by atoms with Crippen molar-refractivity contribution in [2.24, 2.45) is 0 Å². The summed E-state index contributed by atoms with van der Waals surface area (Å²) < 4.78 is 11.5. The summed E-state index contributed by atoms with van der Waals surface area (Å²) in [6.45, 7) is 0. The van der Waals surface area contributed by atoms with E-state index in [1.54, 1.807) is 11.3 Å². The molecule has 5 nitrogen and oxygen atoms in total. The zero-order valence-corrected chi connectivity index (χ0v) is 31.2. The maximum absolute atomic E-state index is 6.69. The van der Waals surface area contributed by atoms with Gasteiger partial charge in [-0.3, -0.25) is 0 Å². The van der Waals surface area contributed by atoms with Crippen LogP contribution in [-0.4, -0.2) is 19.5 Å². The van der Waals surface area contributed by atoms with E-state index < -0.39 is 0 Å². The van der Waals surface area contributed by atoms with Gasteiger partial charge in [0.2, 0.25) is 0 Å². The van der Waals surface area contributed by atoms with Crippen molar-refractivity contribution in [2.45, 2.75) is 0 Å². The standard InChI is InChI=1S/C51H30N4OS/c1-2-14-31(15-3-1)49-52-50(54-51(53-49)40-22-12-21-38-36-19-7-11-27-46(36)57-48(38)40)32-28-29-39-45(30-32)56-44-26-13-20-37(47(39)44)35-18-6-10-25-43(35)55-41-23-8-4-16-33(41)34-17-5-9-24-42(34)55/h1-30H. The molecule has 0 N–H and O–H groups in total. The molecule has 12 rings (SSSR count). The summed E-state index contributed by atoms with van der Waals surface area (Å²) in [7, 11) is 0. The van der Waals surface area contributed by atoms with Crippen LogP contribution in [0.5, 0.6) is 0 Å². The molecule has 8 aromatic carbocycles. The van der Waals surface area contributed by atoms with Crippen LogP contribution in [0.15, 0.2) is 186 Å². The molecule has 0 unspecified atom stereocenters. The van der Waals surface area contributed by atoms with Crippen LogP contribution in [0.4, 0.5) is 0 Å². The molecule has 4 heterocycles. The Hall–Kier alpha value is -7.41. The van der Waals surface area contributed by atoms with Gasteiger partial charge >= 0.3 is 0 Å². The Bertz CT molecular complexity index is 3490. The van der Waals surface area contributed by atoms with Crippen LogP contribution in [0.3, 0.4) is 0 Å². The molecule has 0 saturated carbocycles. The molecular weight excluding hydrogens is 717 g/mol. The van der Waals surface area contributed by atoms with Gasteiger partial charge in [-0.15, -0.1) is 11.3 Å². The van der Waals surface area contributed by atoms with Crippen molar-refractivity contribution in [3.8, 4) is 51.0 Å². The van der Waals surface area contributed by atoms with Crippen molar-refractivity contribution in [3.05, 3.63) is 182 Å². The van der Waals surface area contributed by atoms with Gasteiger partial charge in [-0.25, -0.2) is 15.0 Å². The Morgan fingerprint density at radius 3 is 1.84 bits per heavy atom. The van der Waals surface area contributed by atoms with Gasteiger partial charge in [-0.05, 0) is 54.1 Å². The first kappa shape index (κ1) is 31.9. The van der Waals surface area contributed by atoms with Crippen LogP contribution >= 0.6 is 11.3 Å². The predicted molar refractivity (Wildman–Crippen MR) is 236 cm³/mol. The van der Waals surface area contributed by atoms with Crippen LogP contribution in [-0.2, 0) is 0 Å². The molecule has 4 aromatic heterocycles. The third-order valence-corrected chi connectivity index (χ3v) is 12.3. The molecule has 57 heavy (non-hydrogen) atoms. The van der Waals surface area contributed by atoms with Crippen molar-refractivity contribution >= 4 is 75.3 Å². The summed E-state index contributed by atoms with van der Waals surface area (Å²) in [5, 5.41) is 7.03. The minimum Gasteiger partial charge on any atom is -0.456 e. The Labute approximate surface area is 330 Å². The monoisotopic (exact) mass is 746 g/mol. The number of fused-ring (bicyclic) bond motifs is 9. The van der Waals surface area contributed by atoms with Crippen LogP contribution < -0.4 is 0 Å². The fourth-order valence-electron chi connectivity index (χ4n) is 8.53. The zero-order chi connectivity index (χ0) is 37.5. The second kappa shape index (κ2) is 12.6. The smallest absolute Gasteiger partial charge is 0.165 e. The van der Waals surface area contributed by atoms with Gasteiger partial charge in [0.05, 0.1) is 16.7 Å². The summed E-state index contributed by atoms with van der Waals surface area (Å²) >= 11 is 1.77.